The van der Waals surface area contributed by atoms with Crippen LogP contribution >= 0.6 is 0 Å². The van der Waals surface area contributed by atoms with Crippen molar-refractivity contribution in [3.05, 3.63) is 58.9 Å². The van der Waals surface area contributed by atoms with Crippen LogP contribution in [0.2, 0.25) is 0 Å². The molecule has 3 aliphatic heterocycles. The maximum Gasteiger partial charge on any atom is 0.0691 e. The fraction of sp³-hybridized carbons (Fsp3) is 0.645. The molecule has 1 spiro atoms. The molecular weight excluding hydrogens is 430 g/mol. The molecule has 1 aromatic heterocycles. The Bertz CT molecular complexity index is 1060. The first-order valence-electron chi connectivity index (χ1n) is 14.2. The van der Waals surface area contributed by atoms with Crippen molar-refractivity contribution in [3.8, 4) is 0 Å². The molecule has 2 aromatic rings. The lowest BCUT2D eigenvalue weighted by molar-refractivity contribution is -0.104. The summed E-state index contributed by atoms with van der Waals surface area (Å²) in [5.41, 5.74) is 7.25. The van der Waals surface area contributed by atoms with E-state index in [0.29, 0.717) is 18.0 Å². The first-order chi connectivity index (χ1) is 17.0. The van der Waals surface area contributed by atoms with Gasteiger partial charge in [-0.05, 0) is 87.6 Å². The van der Waals surface area contributed by atoms with Gasteiger partial charge >= 0.3 is 0 Å². The lowest BCUT2D eigenvalue weighted by Gasteiger charge is -2.47. The van der Waals surface area contributed by atoms with Crippen LogP contribution in [0.25, 0.3) is 0 Å². The number of benzene rings is 1. The number of nitrogens with one attached hydrogen (secondary N) is 1. The SMILES string of the molecule is Cc1cccc([C@]2(CCNC3CCN4c5c(cccc53)CC4C(C)C)CCOC3(CCCC3)C2)n1. The summed E-state index contributed by atoms with van der Waals surface area (Å²) in [4.78, 5) is 7.81. The third-order valence-electron chi connectivity index (χ3n) is 9.66. The van der Waals surface area contributed by atoms with Gasteiger partial charge in [0.15, 0.2) is 0 Å². The van der Waals surface area contributed by atoms with Crippen molar-refractivity contribution < 1.29 is 4.74 Å². The Hall–Kier alpha value is -1.91. The van der Waals surface area contributed by atoms with Gasteiger partial charge in [0, 0.05) is 47.7 Å². The predicted octanol–water partition coefficient (Wildman–Crippen LogP) is 6.26. The Morgan fingerprint density at radius 2 is 1.94 bits per heavy atom. The predicted molar refractivity (Wildman–Crippen MR) is 143 cm³/mol. The van der Waals surface area contributed by atoms with E-state index >= 15 is 0 Å². The van der Waals surface area contributed by atoms with Gasteiger partial charge in [0.25, 0.3) is 0 Å². The normalized spacial score (nSPS) is 29.2. The van der Waals surface area contributed by atoms with Gasteiger partial charge in [-0.2, -0.15) is 0 Å². The first-order valence-corrected chi connectivity index (χ1v) is 14.2. The van der Waals surface area contributed by atoms with Crippen LogP contribution in [0.1, 0.15) is 93.8 Å². The lowest BCUT2D eigenvalue weighted by atomic mass is 9.68. The van der Waals surface area contributed by atoms with E-state index in [4.69, 9.17) is 9.72 Å². The summed E-state index contributed by atoms with van der Waals surface area (Å²) in [5.74, 6) is 0.692. The number of pyridine rings is 1. The van der Waals surface area contributed by atoms with Gasteiger partial charge < -0.3 is 15.0 Å². The van der Waals surface area contributed by atoms with E-state index in [1.165, 1.54) is 56.3 Å². The minimum absolute atomic E-state index is 0.0845. The number of rotatable bonds is 6. The topological polar surface area (TPSA) is 37.4 Å². The number of ether oxygens (including phenoxy) is 1. The molecule has 0 amide bonds. The molecule has 4 heteroatoms. The fourth-order valence-electron chi connectivity index (χ4n) is 7.86. The Morgan fingerprint density at radius 3 is 2.74 bits per heavy atom. The molecule has 1 aromatic carbocycles. The second-order valence-corrected chi connectivity index (χ2v) is 12.2. The van der Waals surface area contributed by atoms with Crippen molar-refractivity contribution in [2.45, 2.75) is 102 Å². The second kappa shape index (κ2) is 9.19. The molecule has 188 valence electrons. The average Bonchev–Trinajstić information content (AvgIpc) is 3.46. The highest BCUT2D eigenvalue weighted by Crippen LogP contribution is 2.50. The van der Waals surface area contributed by atoms with E-state index in [-0.39, 0.29) is 11.0 Å². The van der Waals surface area contributed by atoms with E-state index in [0.717, 1.165) is 38.1 Å². The molecule has 2 unspecified atom stereocenters. The third-order valence-corrected chi connectivity index (χ3v) is 9.66. The molecule has 6 rings (SSSR count). The van der Waals surface area contributed by atoms with Crippen LogP contribution in [0.4, 0.5) is 5.69 Å². The summed E-state index contributed by atoms with van der Waals surface area (Å²) in [6, 6.07) is 14.8. The molecule has 1 aliphatic carbocycles. The summed E-state index contributed by atoms with van der Waals surface area (Å²) in [6.45, 7) is 9.97. The molecular formula is C31H43N3O. The van der Waals surface area contributed by atoms with E-state index in [1.54, 1.807) is 11.3 Å². The van der Waals surface area contributed by atoms with Crippen molar-refractivity contribution in [2.75, 3.05) is 24.6 Å². The van der Waals surface area contributed by atoms with Crippen LogP contribution < -0.4 is 10.2 Å². The monoisotopic (exact) mass is 473 g/mol. The average molecular weight is 474 g/mol. The summed E-state index contributed by atoms with van der Waals surface area (Å²) < 4.78 is 6.48. The lowest BCUT2D eigenvalue weighted by Crippen LogP contribution is -2.48. The molecule has 35 heavy (non-hydrogen) atoms. The van der Waals surface area contributed by atoms with Gasteiger partial charge in [0.1, 0.15) is 0 Å². The Balaban J connectivity index is 1.22. The van der Waals surface area contributed by atoms with Crippen molar-refractivity contribution in [1.29, 1.82) is 0 Å². The molecule has 1 saturated heterocycles. The summed E-state index contributed by atoms with van der Waals surface area (Å²) in [5, 5.41) is 4.04. The molecule has 4 nitrogen and oxygen atoms in total. The smallest absolute Gasteiger partial charge is 0.0691 e. The molecule has 2 fully saturated rings. The zero-order chi connectivity index (χ0) is 24.0. The minimum atomic E-state index is 0.0845. The third kappa shape index (κ3) is 4.21. The number of aryl methyl sites for hydroxylation is 1. The Kier molecular flexibility index (Phi) is 6.17. The summed E-state index contributed by atoms with van der Waals surface area (Å²) in [6.07, 6.45) is 10.8. The van der Waals surface area contributed by atoms with E-state index < -0.39 is 0 Å². The van der Waals surface area contributed by atoms with Crippen LogP contribution in [-0.2, 0) is 16.6 Å². The number of anilines is 1. The van der Waals surface area contributed by atoms with Crippen molar-refractivity contribution in [1.82, 2.24) is 10.3 Å². The minimum Gasteiger partial charge on any atom is -0.375 e. The van der Waals surface area contributed by atoms with Crippen molar-refractivity contribution in [3.63, 3.8) is 0 Å². The standard InChI is InChI=1S/C31H43N3O/c1-22(2)27-20-24-9-7-10-25-26(12-18-34(27)29(24)25)32-17-15-30(28-11-6-8-23(3)33-28)16-19-35-31(21-30)13-4-5-14-31/h6-11,22,26-27,32H,4-5,12-21H2,1-3H3/t26?,27?,30-/m1/s1. The van der Waals surface area contributed by atoms with Gasteiger partial charge in [-0.3, -0.25) is 4.98 Å². The van der Waals surface area contributed by atoms with Gasteiger partial charge in [-0.1, -0.05) is 51.0 Å². The fourth-order valence-corrected chi connectivity index (χ4v) is 7.86. The van der Waals surface area contributed by atoms with Crippen LogP contribution in [0.5, 0.6) is 0 Å². The van der Waals surface area contributed by atoms with E-state index in [9.17, 15) is 0 Å². The number of nitrogens with zero attached hydrogens (tertiary/aromatic N) is 2. The molecule has 0 radical (unpaired) electrons. The van der Waals surface area contributed by atoms with Gasteiger partial charge in [-0.15, -0.1) is 0 Å². The maximum atomic E-state index is 6.48. The highest BCUT2D eigenvalue weighted by atomic mass is 16.5. The van der Waals surface area contributed by atoms with Crippen molar-refractivity contribution in [2.24, 2.45) is 5.92 Å². The molecule has 1 N–H and O–H groups in total. The molecule has 0 bridgehead atoms. The van der Waals surface area contributed by atoms with Crippen molar-refractivity contribution >= 4 is 5.69 Å². The van der Waals surface area contributed by atoms with E-state index in [2.05, 4.69) is 67.4 Å². The summed E-state index contributed by atoms with van der Waals surface area (Å²) >= 11 is 0. The number of hydrogen-bond donors (Lipinski definition) is 1. The number of para-hydroxylation sites is 1. The van der Waals surface area contributed by atoms with Crippen LogP contribution in [-0.4, -0.2) is 36.3 Å². The van der Waals surface area contributed by atoms with Gasteiger partial charge in [-0.25, -0.2) is 0 Å². The zero-order valence-electron chi connectivity index (χ0n) is 22.0. The van der Waals surface area contributed by atoms with Crippen LogP contribution in [0, 0.1) is 12.8 Å². The molecule has 4 aliphatic rings. The summed E-state index contributed by atoms with van der Waals surface area (Å²) in [7, 11) is 0. The van der Waals surface area contributed by atoms with Gasteiger partial charge in [0.2, 0.25) is 0 Å². The molecule has 1 saturated carbocycles. The van der Waals surface area contributed by atoms with E-state index in [1.807, 2.05) is 0 Å². The Labute approximate surface area is 211 Å². The van der Waals surface area contributed by atoms with Gasteiger partial charge in [0.05, 0.1) is 5.60 Å². The second-order valence-electron chi connectivity index (χ2n) is 12.2. The first kappa shape index (κ1) is 23.5. The molecule has 3 atom stereocenters. The maximum absolute atomic E-state index is 6.48. The highest BCUT2D eigenvalue weighted by Gasteiger charge is 2.48. The van der Waals surface area contributed by atoms with Crippen LogP contribution in [0.3, 0.4) is 0 Å². The Morgan fingerprint density at radius 1 is 1.11 bits per heavy atom. The largest absolute Gasteiger partial charge is 0.375 e. The zero-order valence-corrected chi connectivity index (χ0v) is 22.0. The quantitative estimate of drug-likeness (QED) is 0.537. The highest BCUT2D eigenvalue weighted by molar-refractivity contribution is 5.67. The number of aromatic nitrogens is 1. The molecule has 4 heterocycles. The van der Waals surface area contributed by atoms with Crippen LogP contribution in [0.15, 0.2) is 36.4 Å². The number of hydrogen-bond acceptors (Lipinski definition) is 4.